The number of aromatic nitrogens is 8. The minimum atomic E-state index is -3.60. The number of halogens is 1. The molecule has 0 atom stereocenters. The average Bonchev–Trinajstić information content (AvgIpc) is 3.46. The number of sulfonamides is 2. The van der Waals surface area contributed by atoms with Gasteiger partial charge in [0.25, 0.3) is 11.8 Å². The number of nitrogens with two attached hydrogens (primary N) is 1. The van der Waals surface area contributed by atoms with E-state index in [0.717, 1.165) is 34.8 Å². The molecule has 4 aromatic carbocycles. The normalized spacial score (nSPS) is 11.6. The number of carbonyl (C=O) groups excluding carboxylic acids is 2. The lowest BCUT2D eigenvalue weighted by Crippen LogP contribution is -2.18. The van der Waals surface area contributed by atoms with Gasteiger partial charge in [0.2, 0.25) is 20.0 Å². The van der Waals surface area contributed by atoms with Crippen molar-refractivity contribution >= 4 is 129 Å². The summed E-state index contributed by atoms with van der Waals surface area (Å²) in [7, 11) is -4.31. The Kier molecular flexibility index (Phi) is 20.0. The molecule has 4 aromatic heterocycles. The number of nitrogens with zero attached hydrogens (tertiary/aromatic N) is 8. The van der Waals surface area contributed by atoms with Crippen molar-refractivity contribution < 1.29 is 35.9 Å². The molecule has 0 radical (unpaired) electrons. The Morgan fingerprint density at radius 2 is 1.01 bits per heavy atom. The van der Waals surface area contributed by atoms with E-state index in [4.69, 9.17) is 26.8 Å². The first-order valence-corrected chi connectivity index (χ1v) is 31.0. The van der Waals surface area contributed by atoms with Crippen LogP contribution in [0.25, 0.3) is 22.1 Å². The van der Waals surface area contributed by atoms with Gasteiger partial charge in [-0.1, -0.05) is 88.8 Å². The molecule has 8 rings (SSSR count). The molecule has 0 aliphatic rings. The van der Waals surface area contributed by atoms with Gasteiger partial charge in [0, 0.05) is 22.5 Å². The SMILES string of the molecule is COc1c(NC(=O)c2ccc(C)c(N)c2)cc(C(C)(C)C)cc1NS(C)(=O)=O.COc1c(NC(=O)c2ccc(C)c(Nc3ncnc4cnc(SC)nc34)c2)cc(C(C)(C)C)cc1NS(C)(=O)=O.CSc1ncc2ncnc(Cl)c2n1. The predicted molar refractivity (Wildman–Crippen MR) is 325 cm³/mol. The maximum Gasteiger partial charge on any atom is 0.255 e. The molecule has 0 aliphatic carbocycles. The average molecular weight is 1200 g/mol. The number of benzene rings is 4. The van der Waals surface area contributed by atoms with Gasteiger partial charge in [-0.3, -0.25) is 19.0 Å². The van der Waals surface area contributed by atoms with E-state index in [0.29, 0.717) is 77.2 Å². The number of rotatable bonds is 14. The second-order valence-electron chi connectivity index (χ2n) is 20.2. The first-order valence-electron chi connectivity index (χ1n) is 24.4. The molecule has 27 heteroatoms. The highest BCUT2D eigenvalue weighted by Gasteiger charge is 2.25. The second-order valence-corrected chi connectivity index (χ2v) is 25.6. The van der Waals surface area contributed by atoms with E-state index in [1.165, 1.54) is 50.4 Å². The number of carbonyl (C=O) groups is 2. The molecule has 22 nitrogen and oxygen atoms in total. The van der Waals surface area contributed by atoms with Gasteiger partial charge in [0.15, 0.2) is 32.8 Å². The molecular formula is C54H63ClN14O8S4. The summed E-state index contributed by atoms with van der Waals surface area (Å²) in [4.78, 5) is 59.7. The maximum atomic E-state index is 13.5. The third kappa shape index (κ3) is 16.7. The molecule has 0 aliphatic heterocycles. The third-order valence-electron chi connectivity index (χ3n) is 11.7. The lowest BCUT2D eigenvalue weighted by molar-refractivity contribution is 0.101. The van der Waals surface area contributed by atoms with Crippen molar-refractivity contribution in [3.05, 3.63) is 124 Å². The van der Waals surface area contributed by atoms with Crippen LogP contribution < -0.4 is 40.6 Å². The number of nitrogens with one attached hydrogen (secondary N) is 5. The summed E-state index contributed by atoms with van der Waals surface area (Å²) in [5.74, 6) is 0.138. The zero-order chi connectivity index (χ0) is 59.8. The Labute approximate surface area is 484 Å². The van der Waals surface area contributed by atoms with Gasteiger partial charge >= 0.3 is 0 Å². The number of amides is 2. The molecule has 2 amide bonds. The van der Waals surface area contributed by atoms with Crippen molar-refractivity contribution in [2.24, 2.45) is 0 Å². The highest BCUT2D eigenvalue weighted by Crippen LogP contribution is 2.41. The number of nitrogen functional groups attached to an aromatic ring is 1. The summed E-state index contributed by atoms with van der Waals surface area (Å²) >= 11 is 8.70. The van der Waals surface area contributed by atoms with Gasteiger partial charge in [-0.15, -0.1) is 0 Å². The summed E-state index contributed by atoms with van der Waals surface area (Å²) in [6.07, 6.45) is 12.0. The number of ether oxygens (including phenoxy) is 2. The van der Waals surface area contributed by atoms with Crippen molar-refractivity contribution in [1.29, 1.82) is 0 Å². The highest BCUT2D eigenvalue weighted by atomic mass is 35.5. The first-order chi connectivity index (χ1) is 37.9. The topological polar surface area (TPSA) is 310 Å². The molecule has 7 N–H and O–H groups in total. The molecule has 8 aromatic rings. The Morgan fingerprint density at radius 1 is 0.580 bits per heavy atom. The third-order valence-corrected chi connectivity index (χ3v) is 14.3. The summed E-state index contributed by atoms with van der Waals surface area (Å²) in [5, 5.41) is 10.6. The summed E-state index contributed by atoms with van der Waals surface area (Å²) in [6, 6.07) is 17.3. The fourth-order valence-electron chi connectivity index (χ4n) is 7.43. The Balaban J connectivity index is 0.000000221. The van der Waals surface area contributed by atoms with Crippen LogP contribution in [0.15, 0.2) is 96.0 Å². The number of hydrogen-bond donors (Lipinski definition) is 6. The fraction of sp³-hybridized carbons (Fsp3) is 0.296. The minimum absolute atomic E-state index is 0.203. The monoisotopic (exact) mass is 1200 g/mol. The first kappa shape index (κ1) is 62.5. The van der Waals surface area contributed by atoms with Crippen LogP contribution >= 0.6 is 35.1 Å². The van der Waals surface area contributed by atoms with Gasteiger partial charge in [-0.25, -0.2) is 56.7 Å². The summed E-state index contributed by atoms with van der Waals surface area (Å²) < 4.78 is 63.5. The van der Waals surface area contributed by atoms with E-state index < -0.39 is 26.0 Å². The number of methoxy groups -OCH3 is 2. The number of thioether (sulfide) groups is 2. The van der Waals surface area contributed by atoms with Crippen LogP contribution in [-0.4, -0.2) is 108 Å². The van der Waals surface area contributed by atoms with E-state index in [-0.39, 0.29) is 39.6 Å². The minimum Gasteiger partial charge on any atom is -0.492 e. The van der Waals surface area contributed by atoms with E-state index in [1.54, 1.807) is 67.0 Å². The Morgan fingerprint density at radius 3 is 1.46 bits per heavy atom. The molecular weight excluding hydrogens is 1140 g/mol. The number of anilines is 7. The van der Waals surface area contributed by atoms with E-state index in [1.807, 2.05) is 74.0 Å². The molecule has 428 valence electrons. The van der Waals surface area contributed by atoms with Crippen molar-refractivity contribution in [2.75, 3.05) is 70.4 Å². The lowest BCUT2D eigenvalue weighted by atomic mass is 9.86. The molecule has 0 unspecified atom stereocenters. The van der Waals surface area contributed by atoms with Crippen LogP contribution in [0.3, 0.4) is 0 Å². The highest BCUT2D eigenvalue weighted by molar-refractivity contribution is 7.98. The largest absolute Gasteiger partial charge is 0.492 e. The summed E-state index contributed by atoms with van der Waals surface area (Å²) in [6.45, 7) is 15.7. The van der Waals surface area contributed by atoms with Crippen LogP contribution in [0.4, 0.5) is 39.9 Å². The number of fused-ring (bicyclic) bond motifs is 2. The molecule has 4 heterocycles. The van der Waals surface area contributed by atoms with Crippen molar-refractivity contribution in [3.63, 3.8) is 0 Å². The fourth-order valence-corrected chi connectivity index (χ4v) is 9.40. The smallest absolute Gasteiger partial charge is 0.255 e. The zero-order valence-electron chi connectivity index (χ0n) is 47.0. The van der Waals surface area contributed by atoms with Crippen LogP contribution in [0.5, 0.6) is 11.5 Å². The van der Waals surface area contributed by atoms with Crippen LogP contribution in [0, 0.1) is 13.8 Å². The Bertz CT molecular complexity index is 3900. The van der Waals surface area contributed by atoms with E-state index >= 15 is 0 Å². The van der Waals surface area contributed by atoms with E-state index in [2.05, 4.69) is 65.3 Å². The number of aryl methyl sites for hydroxylation is 2. The van der Waals surface area contributed by atoms with Crippen molar-refractivity contribution in [1.82, 2.24) is 39.9 Å². The van der Waals surface area contributed by atoms with Crippen LogP contribution in [-0.2, 0) is 30.9 Å². The predicted octanol–water partition coefficient (Wildman–Crippen LogP) is 10.4. The van der Waals surface area contributed by atoms with Crippen molar-refractivity contribution in [2.45, 2.75) is 76.5 Å². The Hall–Kier alpha value is -7.65. The van der Waals surface area contributed by atoms with E-state index in [9.17, 15) is 26.4 Å². The number of hydrogen-bond acceptors (Lipinski definition) is 20. The van der Waals surface area contributed by atoms with Gasteiger partial charge in [0.1, 0.15) is 34.7 Å². The van der Waals surface area contributed by atoms with Gasteiger partial charge in [-0.05, 0) is 108 Å². The standard InChI is InChI=1S/C27H31N7O4S2.C20H27N3O4S.C7H5ClN4S/c1-15-8-9-16(10-18(15)31-24-22-21(29-14-30-24)13-28-26(33-22)39-6)25(35)32-19-11-17(27(2,3)4)12-20(23(19)38-5)34-40(7,36)37;1-12-7-8-13(9-15(12)21)19(24)22-16-10-14(20(2,3)4)11-17(18(16)27-5)23-28(6,25)26;1-13-7-9-2-4-5(12-7)6(8)11-3-10-4/h8-14,34H,1-7H3,(H,32,35)(H,29,30,31);7-11,23H,21H2,1-6H3,(H,22,24);2-3H,1H3. The maximum absolute atomic E-state index is 13.5. The molecule has 0 fully saturated rings. The molecule has 0 saturated heterocycles. The van der Waals surface area contributed by atoms with Crippen LogP contribution in [0.2, 0.25) is 5.15 Å². The lowest BCUT2D eigenvalue weighted by Gasteiger charge is -2.24. The molecule has 0 bridgehead atoms. The van der Waals surface area contributed by atoms with Crippen molar-refractivity contribution in [3.8, 4) is 11.5 Å². The zero-order valence-corrected chi connectivity index (χ0v) is 51.0. The summed E-state index contributed by atoms with van der Waals surface area (Å²) in [5.41, 5.74) is 14.2. The van der Waals surface area contributed by atoms with Gasteiger partial charge in [0.05, 0.1) is 61.9 Å². The quantitative estimate of drug-likeness (QED) is 0.0255. The van der Waals surface area contributed by atoms with Gasteiger partial charge < -0.3 is 31.2 Å². The van der Waals surface area contributed by atoms with Gasteiger partial charge in [-0.2, -0.15) is 0 Å². The molecule has 81 heavy (non-hydrogen) atoms. The van der Waals surface area contributed by atoms with Crippen LogP contribution in [0.1, 0.15) is 84.5 Å². The molecule has 0 saturated carbocycles. The molecule has 0 spiro atoms. The second kappa shape index (κ2) is 25.9.